The van der Waals surface area contributed by atoms with E-state index in [-0.39, 0.29) is 5.92 Å². The van der Waals surface area contributed by atoms with E-state index in [9.17, 15) is 5.26 Å². The molecule has 1 aliphatic carbocycles. The van der Waals surface area contributed by atoms with Gasteiger partial charge in [0.15, 0.2) is 0 Å². The molecule has 0 radical (unpaired) electrons. The average Bonchev–Trinajstić information content (AvgIpc) is 2.67. The molecule has 2 unspecified atom stereocenters. The van der Waals surface area contributed by atoms with E-state index in [0.29, 0.717) is 5.56 Å². The molecular weight excluding hydrogens is 292 g/mol. The average molecular weight is 308 g/mol. The molecule has 0 aromatic heterocycles. The molecule has 24 heavy (non-hydrogen) atoms. The predicted molar refractivity (Wildman–Crippen MR) is 95.7 cm³/mol. The van der Waals surface area contributed by atoms with Crippen LogP contribution in [0.2, 0.25) is 0 Å². The minimum atomic E-state index is -0.765. The highest BCUT2D eigenvalue weighted by Gasteiger charge is 2.35. The molecule has 0 saturated carbocycles. The first-order valence-corrected chi connectivity index (χ1v) is 7.79. The Kier molecular flexibility index (Phi) is 4.41. The summed E-state index contributed by atoms with van der Waals surface area (Å²) in [4.78, 5) is 0. The van der Waals surface area contributed by atoms with Crippen LogP contribution in [0.4, 0.5) is 0 Å². The van der Waals surface area contributed by atoms with Crippen molar-refractivity contribution in [3.63, 3.8) is 0 Å². The highest BCUT2D eigenvalue weighted by Crippen LogP contribution is 2.42. The van der Waals surface area contributed by atoms with Crippen molar-refractivity contribution in [2.45, 2.75) is 5.92 Å². The SMILES string of the molecule is N#Cc1cccc(C2C=CC=CC2(C#N)C=Cc2ccccc2)c1. The Hall–Kier alpha value is -3.36. The first-order chi connectivity index (χ1) is 11.8. The normalized spacial score (nSPS) is 22.2. The van der Waals surface area contributed by atoms with Gasteiger partial charge in [-0.15, -0.1) is 0 Å². The lowest BCUT2D eigenvalue weighted by molar-refractivity contribution is 0.565. The van der Waals surface area contributed by atoms with E-state index in [1.807, 2.05) is 85.0 Å². The van der Waals surface area contributed by atoms with Crippen LogP contribution < -0.4 is 0 Å². The maximum absolute atomic E-state index is 9.93. The Balaban J connectivity index is 2.02. The molecule has 0 amide bonds. The standard InChI is InChI=1S/C22H16N2/c23-16-19-9-6-10-20(15-19)21-11-4-5-13-22(21,17-24)14-12-18-7-2-1-3-8-18/h1-15,21H. The molecule has 2 heteroatoms. The molecule has 2 nitrogen and oxygen atoms in total. The Morgan fingerprint density at radius 3 is 2.54 bits per heavy atom. The topological polar surface area (TPSA) is 47.6 Å². The molecule has 2 aromatic rings. The van der Waals surface area contributed by atoms with E-state index < -0.39 is 5.41 Å². The van der Waals surface area contributed by atoms with Gasteiger partial charge in [0.05, 0.1) is 17.7 Å². The lowest BCUT2D eigenvalue weighted by atomic mass is 9.70. The summed E-state index contributed by atoms with van der Waals surface area (Å²) in [6.45, 7) is 0. The van der Waals surface area contributed by atoms with E-state index in [2.05, 4.69) is 12.1 Å². The zero-order chi connectivity index (χ0) is 16.8. The highest BCUT2D eigenvalue weighted by molar-refractivity contribution is 5.55. The smallest absolute Gasteiger partial charge is 0.104 e. The molecule has 0 saturated heterocycles. The van der Waals surface area contributed by atoms with Crippen LogP contribution in [0, 0.1) is 28.1 Å². The monoisotopic (exact) mass is 308 g/mol. The molecule has 1 aliphatic rings. The quantitative estimate of drug-likeness (QED) is 0.801. The second-order valence-electron chi connectivity index (χ2n) is 5.75. The van der Waals surface area contributed by atoms with Gasteiger partial charge in [0, 0.05) is 5.92 Å². The molecule has 0 bridgehead atoms. The summed E-state index contributed by atoms with van der Waals surface area (Å²) < 4.78 is 0. The fourth-order valence-corrected chi connectivity index (χ4v) is 2.94. The van der Waals surface area contributed by atoms with Crippen molar-refractivity contribution >= 4 is 6.08 Å². The molecule has 3 rings (SSSR count). The van der Waals surface area contributed by atoms with Gasteiger partial charge in [0.1, 0.15) is 5.41 Å². The molecule has 0 fully saturated rings. The second kappa shape index (κ2) is 6.82. The van der Waals surface area contributed by atoms with Gasteiger partial charge in [-0.05, 0) is 23.3 Å². The van der Waals surface area contributed by atoms with E-state index in [4.69, 9.17) is 5.26 Å². The van der Waals surface area contributed by atoms with E-state index >= 15 is 0 Å². The number of nitrogens with zero attached hydrogens (tertiary/aromatic N) is 2. The number of allylic oxidation sites excluding steroid dienone is 5. The third-order valence-corrected chi connectivity index (χ3v) is 4.22. The molecule has 0 N–H and O–H groups in total. The zero-order valence-corrected chi connectivity index (χ0v) is 13.1. The molecule has 114 valence electrons. The van der Waals surface area contributed by atoms with Gasteiger partial charge < -0.3 is 0 Å². The van der Waals surface area contributed by atoms with Gasteiger partial charge in [0.25, 0.3) is 0 Å². The van der Waals surface area contributed by atoms with Crippen LogP contribution in [0.1, 0.15) is 22.6 Å². The van der Waals surface area contributed by atoms with Crippen LogP contribution in [-0.4, -0.2) is 0 Å². The maximum atomic E-state index is 9.93. The molecule has 2 atom stereocenters. The summed E-state index contributed by atoms with van der Waals surface area (Å²) >= 11 is 0. The lowest BCUT2D eigenvalue weighted by Gasteiger charge is -2.30. The first kappa shape index (κ1) is 15.5. The Morgan fingerprint density at radius 2 is 1.79 bits per heavy atom. The third-order valence-electron chi connectivity index (χ3n) is 4.22. The Labute approximate surface area is 142 Å². The lowest BCUT2D eigenvalue weighted by Crippen LogP contribution is -2.23. The van der Waals surface area contributed by atoms with Crippen molar-refractivity contribution in [2.24, 2.45) is 5.41 Å². The van der Waals surface area contributed by atoms with Crippen molar-refractivity contribution < 1.29 is 0 Å². The van der Waals surface area contributed by atoms with Crippen molar-refractivity contribution in [1.29, 1.82) is 10.5 Å². The van der Waals surface area contributed by atoms with Gasteiger partial charge in [0.2, 0.25) is 0 Å². The first-order valence-electron chi connectivity index (χ1n) is 7.79. The van der Waals surface area contributed by atoms with Crippen molar-refractivity contribution in [3.05, 3.63) is 102 Å². The maximum Gasteiger partial charge on any atom is 0.104 e. The van der Waals surface area contributed by atoms with Crippen LogP contribution in [0.15, 0.2) is 85.0 Å². The molecular formula is C22H16N2. The van der Waals surface area contributed by atoms with Gasteiger partial charge in [-0.3, -0.25) is 0 Å². The Morgan fingerprint density at radius 1 is 0.958 bits per heavy atom. The summed E-state index contributed by atoms with van der Waals surface area (Å²) in [6.07, 6.45) is 11.7. The van der Waals surface area contributed by atoms with Crippen molar-refractivity contribution in [1.82, 2.24) is 0 Å². The van der Waals surface area contributed by atoms with Gasteiger partial charge >= 0.3 is 0 Å². The van der Waals surface area contributed by atoms with Gasteiger partial charge in [-0.25, -0.2) is 0 Å². The highest BCUT2D eigenvalue weighted by atomic mass is 14.4. The summed E-state index contributed by atoms with van der Waals surface area (Å²) in [5.74, 6) is -0.124. The fraction of sp³-hybridized carbons (Fsp3) is 0.0909. The van der Waals surface area contributed by atoms with Crippen molar-refractivity contribution in [3.8, 4) is 12.1 Å². The third kappa shape index (κ3) is 3.05. The molecule has 0 spiro atoms. The van der Waals surface area contributed by atoms with E-state index in [0.717, 1.165) is 11.1 Å². The number of benzene rings is 2. The second-order valence-corrected chi connectivity index (χ2v) is 5.75. The Bertz CT molecular complexity index is 892. The summed E-state index contributed by atoms with van der Waals surface area (Å²) in [6, 6.07) is 22.0. The summed E-state index contributed by atoms with van der Waals surface area (Å²) in [7, 11) is 0. The number of hydrogen-bond donors (Lipinski definition) is 0. The number of hydrogen-bond acceptors (Lipinski definition) is 2. The van der Waals surface area contributed by atoms with Crippen LogP contribution >= 0.6 is 0 Å². The van der Waals surface area contributed by atoms with Crippen LogP contribution in [0.3, 0.4) is 0 Å². The predicted octanol–water partition coefficient (Wildman–Crippen LogP) is 4.99. The number of nitriles is 2. The van der Waals surface area contributed by atoms with Crippen LogP contribution in [-0.2, 0) is 0 Å². The van der Waals surface area contributed by atoms with Crippen molar-refractivity contribution in [2.75, 3.05) is 0 Å². The largest absolute Gasteiger partial charge is 0.197 e. The summed E-state index contributed by atoms with van der Waals surface area (Å²) in [5, 5.41) is 19.1. The molecule has 0 aliphatic heterocycles. The fourth-order valence-electron chi connectivity index (χ4n) is 2.94. The molecule has 2 aromatic carbocycles. The minimum absolute atomic E-state index is 0.124. The van der Waals surface area contributed by atoms with Gasteiger partial charge in [-0.2, -0.15) is 10.5 Å². The van der Waals surface area contributed by atoms with Crippen LogP contribution in [0.25, 0.3) is 6.08 Å². The number of rotatable bonds is 3. The van der Waals surface area contributed by atoms with E-state index in [1.54, 1.807) is 6.07 Å². The van der Waals surface area contributed by atoms with Crippen LogP contribution in [0.5, 0.6) is 0 Å². The van der Waals surface area contributed by atoms with E-state index in [1.165, 1.54) is 0 Å². The zero-order valence-electron chi connectivity index (χ0n) is 13.1. The summed E-state index contributed by atoms with van der Waals surface area (Å²) in [5.41, 5.74) is 1.86. The van der Waals surface area contributed by atoms with Gasteiger partial charge in [-0.1, -0.05) is 78.9 Å². The minimum Gasteiger partial charge on any atom is -0.197 e. The molecule has 0 heterocycles.